The van der Waals surface area contributed by atoms with Crippen LogP contribution in [0.4, 0.5) is 11.4 Å². The number of carbonyl (C=O) groups excluding carboxylic acids is 3. The zero-order valence-corrected chi connectivity index (χ0v) is 21.0. The summed E-state index contributed by atoms with van der Waals surface area (Å²) in [5.41, 5.74) is 9.83. The highest BCUT2D eigenvalue weighted by Crippen LogP contribution is 2.54. The maximum absolute atomic E-state index is 14.1. The number of benzene rings is 2. The molecule has 2 N–H and O–H groups in total. The number of anilines is 2. The second-order valence-electron chi connectivity index (χ2n) is 10.4. The number of primary amides is 1. The summed E-state index contributed by atoms with van der Waals surface area (Å²) in [6.45, 7) is 3.77. The molecule has 1 aliphatic carbocycles. The molecule has 4 aliphatic rings. The van der Waals surface area contributed by atoms with E-state index in [-0.39, 0.29) is 22.9 Å². The number of hydrogen-bond acceptors (Lipinski definition) is 6. The van der Waals surface area contributed by atoms with Crippen LogP contribution in [0.2, 0.25) is 0 Å². The van der Waals surface area contributed by atoms with Crippen molar-refractivity contribution < 1.29 is 23.9 Å². The second-order valence-corrected chi connectivity index (χ2v) is 10.4. The van der Waals surface area contributed by atoms with Crippen LogP contribution >= 0.6 is 0 Å². The van der Waals surface area contributed by atoms with Gasteiger partial charge in [-0.15, -0.1) is 0 Å². The van der Waals surface area contributed by atoms with Crippen LogP contribution in [0.15, 0.2) is 42.5 Å². The van der Waals surface area contributed by atoms with Crippen molar-refractivity contribution in [2.24, 2.45) is 5.73 Å². The minimum absolute atomic E-state index is 0.0812. The predicted octanol–water partition coefficient (Wildman–Crippen LogP) is 2.35. The number of fused-ring (bicyclic) bond motifs is 3. The van der Waals surface area contributed by atoms with E-state index >= 15 is 0 Å². The fourth-order valence-electron chi connectivity index (χ4n) is 5.92. The fraction of sp³-hybridized carbons (Fsp3) is 0.357. The van der Waals surface area contributed by atoms with Crippen LogP contribution in [0.5, 0.6) is 5.75 Å². The molecule has 3 amide bonds. The van der Waals surface area contributed by atoms with Gasteiger partial charge in [-0.3, -0.25) is 14.4 Å². The first-order valence-corrected chi connectivity index (χ1v) is 12.9. The van der Waals surface area contributed by atoms with Crippen molar-refractivity contribution in [2.45, 2.75) is 37.7 Å². The lowest BCUT2D eigenvalue weighted by Crippen LogP contribution is -2.46. The van der Waals surface area contributed by atoms with E-state index in [2.05, 4.69) is 5.10 Å². The van der Waals surface area contributed by atoms with Gasteiger partial charge < -0.3 is 25.0 Å². The van der Waals surface area contributed by atoms with Crippen molar-refractivity contribution in [3.05, 3.63) is 65.0 Å². The molecule has 1 unspecified atom stereocenters. The summed E-state index contributed by atoms with van der Waals surface area (Å²) in [4.78, 5) is 42.6. The van der Waals surface area contributed by atoms with Gasteiger partial charge in [0.2, 0.25) is 0 Å². The van der Waals surface area contributed by atoms with Gasteiger partial charge >= 0.3 is 0 Å². The Morgan fingerprint density at radius 2 is 1.74 bits per heavy atom. The van der Waals surface area contributed by atoms with Crippen molar-refractivity contribution in [1.29, 1.82) is 0 Å². The van der Waals surface area contributed by atoms with Gasteiger partial charge in [0.1, 0.15) is 17.5 Å². The summed E-state index contributed by atoms with van der Waals surface area (Å²) in [5, 5.41) is 4.59. The molecule has 0 bridgehead atoms. The van der Waals surface area contributed by atoms with Crippen LogP contribution < -0.4 is 20.3 Å². The van der Waals surface area contributed by atoms with E-state index in [0.29, 0.717) is 43.2 Å². The lowest BCUT2D eigenvalue weighted by Gasteiger charge is -2.34. The molecule has 1 atom stereocenters. The maximum atomic E-state index is 14.1. The first-order valence-electron chi connectivity index (χ1n) is 12.9. The molecule has 38 heavy (non-hydrogen) atoms. The van der Waals surface area contributed by atoms with Crippen molar-refractivity contribution in [1.82, 2.24) is 9.78 Å². The number of ether oxygens (including phenoxy) is 2. The third kappa shape index (κ3) is 3.36. The Bertz CT molecular complexity index is 1510. The smallest absolute Gasteiger partial charge is 0.277 e. The highest BCUT2D eigenvalue weighted by Gasteiger charge is 2.56. The van der Waals surface area contributed by atoms with Crippen LogP contribution in [-0.2, 0) is 21.4 Å². The molecule has 2 fully saturated rings. The zero-order valence-electron chi connectivity index (χ0n) is 21.0. The number of nitrogens with two attached hydrogens (primary N) is 1. The normalized spacial score (nSPS) is 21.3. The molecule has 194 valence electrons. The van der Waals surface area contributed by atoms with Crippen LogP contribution in [0, 0.1) is 0 Å². The third-order valence-electron chi connectivity index (χ3n) is 8.10. The Labute approximate surface area is 218 Å². The standard InChI is InChI=1S/C28H27N5O5/c1-16-26(35)31(11-13-37-16)18-2-4-19(5-3-18)32-15-28(9-10-28)22-23(25(29)34)30-33(24(22)27(32)36)20-6-7-21-17(14-20)8-12-38-21/h2-7,14,16H,8-13,15H2,1H3,(H2,29,34). The van der Waals surface area contributed by atoms with Gasteiger partial charge in [-0.1, -0.05) is 0 Å². The predicted molar refractivity (Wildman–Crippen MR) is 138 cm³/mol. The minimum atomic E-state index is -0.634. The first kappa shape index (κ1) is 23.0. The van der Waals surface area contributed by atoms with E-state index in [1.54, 1.807) is 21.4 Å². The van der Waals surface area contributed by atoms with Gasteiger partial charge in [0.05, 0.1) is 18.9 Å². The van der Waals surface area contributed by atoms with Crippen LogP contribution in [-0.4, -0.2) is 59.9 Å². The molecule has 10 heteroatoms. The Kier molecular flexibility index (Phi) is 4.93. The average Bonchev–Trinajstić information content (AvgIpc) is 3.33. The number of morpholine rings is 1. The van der Waals surface area contributed by atoms with Gasteiger partial charge in [0.15, 0.2) is 5.69 Å². The number of nitrogens with zero attached hydrogens (tertiary/aromatic N) is 4. The largest absolute Gasteiger partial charge is 0.493 e. The summed E-state index contributed by atoms with van der Waals surface area (Å²) in [5.74, 6) is -0.129. The number of rotatable bonds is 4. The van der Waals surface area contributed by atoms with Crippen molar-refractivity contribution in [3.63, 3.8) is 0 Å². The highest BCUT2D eigenvalue weighted by molar-refractivity contribution is 6.11. The van der Waals surface area contributed by atoms with E-state index in [0.717, 1.165) is 42.0 Å². The van der Waals surface area contributed by atoms with E-state index in [9.17, 15) is 14.4 Å². The minimum Gasteiger partial charge on any atom is -0.493 e. The van der Waals surface area contributed by atoms with Crippen molar-refractivity contribution >= 4 is 29.1 Å². The Morgan fingerprint density at radius 3 is 2.45 bits per heavy atom. The highest BCUT2D eigenvalue weighted by atomic mass is 16.5. The summed E-state index contributed by atoms with van der Waals surface area (Å²) in [6.07, 6.45) is 1.97. The summed E-state index contributed by atoms with van der Waals surface area (Å²) in [6, 6.07) is 13.1. The Balaban J connectivity index is 1.29. The zero-order chi connectivity index (χ0) is 26.2. The van der Waals surface area contributed by atoms with E-state index < -0.39 is 12.0 Å². The number of amides is 3. The summed E-state index contributed by atoms with van der Waals surface area (Å²) < 4.78 is 12.7. The third-order valence-corrected chi connectivity index (χ3v) is 8.10. The molecular weight excluding hydrogens is 486 g/mol. The van der Waals surface area contributed by atoms with E-state index in [1.165, 1.54) is 0 Å². The topological polar surface area (TPSA) is 120 Å². The molecule has 0 radical (unpaired) electrons. The average molecular weight is 514 g/mol. The molecule has 1 aromatic heterocycles. The quantitative estimate of drug-likeness (QED) is 0.572. The van der Waals surface area contributed by atoms with Crippen molar-refractivity contribution in [3.8, 4) is 11.4 Å². The Morgan fingerprint density at radius 1 is 1.03 bits per heavy atom. The number of carbonyl (C=O) groups is 3. The van der Waals surface area contributed by atoms with Gasteiger partial charge in [0, 0.05) is 41.9 Å². The van der Waals surface area contributed by atoms with Gasteiger partial charge in [-0.05, 0) is 67.8 Å². The van der Waals surface area contributed by atoms with Crippen LogP contribution in [0.25, 0.3) is 5.69 Å². The van der Waals surface area contributed by atoms with Crippen LogP contribution in [0.3, 0.4) is 0 Å². The monoisotopic (exact) mass is 513 g/mol. The molecule has 7 rings (SSSR count). The lowest BCUT2D eigenvalue weighted by molar-refractivity contribution is -0.132. The van der Waals surface area contributed by atoms with E-state index in [1.807, 2.05) is 42.5 Å². The first-order chi connectivity index (χ1) is 18.4. The molecule has 4 heterocycles. The molecule has 1 saturated carbocycles. The molecular formula is C28H27N5O5. The summed E-state index contributed by atoms with van der Waals surface area (Å²) >= 11 is 0. The molecule has 10 nitrogen and oxygen atoms in total. The molecule has 3 aromatic rings. The van der Waals surface area contributed by atoms with Gasteiger partial charge in [-0.2, -0.15) is 5.10 Å². The van der Waals surface area contributed by atoms with Crippen molar-refractivity contribution in [2.75, 3.05) is 36.1 Å². The van der Waals surface area contributed by atoms with Gasteiger partial charge in [-0.25, -0.2) is 4.68 Å². The van der Waals surface area contributed by atoms with E-state index in [4.69, 9.17) is 15.2 Å². The fourth-order valence-corrected chi connectivity index (χ4v) is 5.92. The summed E-state index contributed by atoms with van der Waals surface area (Å²) in [7, 11) is 0. The van der Waals surface area contributed by atoms with Gasteiger partial charge in [0.25, 0.3) is 17.7 Å². The Hall–Kier alpha value is -4.18. The SMILES string of the molecule is CC1OCCN(c2ccc(N3CC4(CC4)c4c(C(N)=O)nn(-c5ccc6c(c5)CCO6)c4C3=O)cc2)C1=O. The molecule has 1 spiro atoms. The molecule has 2 aromatic carbocycles. The lowest BCUT2D eigenvalue weighted by atomic mass is 9.88. The molecule has 1 saturated heterocycles. The maximum Gasteiger partial charge on any atom is 0.277 e. The van der Waals surface area contributed by atoms with Crippen LogP contribution in [0.1, 0.15) is 51.9 Å². The second kappa shape index (κ2) is 8.16. The number of aromatic nitrogens is 2. The molecule has 3 aliphatic heterocycles. The number of hydrogen-bond donors (Lipinski definition) is 1.